The molecule has 15 heavy (non-hydrogen) atoms. The Morgan fingerprint density at radius 1 is 1.47 bits per heavy atom. The van der Waals surface area contributed by atoms with E-state index >= 15 is 0 Å². The normalized spacial score (nSPS) is 16.4. The Bertz CT molecular complexity index is 363. The van der Waals surface area contributed by atoms with Crippen LogP contribution in [0.25, 0.3) is 0 Å². The average Bonchev–Trinajstić information content (AvgIpc) is 2.30. The van der Waals surface area contributed by atoms with Crippen LogP contribution in [0.15, 0.2) is 18.5 Å². The van der Waals surface area contributed by atoms with Gasteiger partial charge in [-0.2, -0.15) is 0 Å². The van der Waals surface area contributed by atoms with E-state index in [2.05, 4.69) is 4.98 Å². The molecule has 0 atom stereocenters. The van der Waals surface area contributed by atoms with Crippen molar-refractivity contribution in [1.29, 1.82) is 0 Å². The molecule has 0 amide bonds. The van der Waals surface area contributed by atoms with E-state index in [1.165, 1.54) is 6.20 Å². The summed E-state index contributed by atoms with van der Waals surface area (Å²) in [6, 6.07) is 1.67. The summed E-state index contributed by atoms with van der Waals surface area (Å²) in [6.45, 7) is 2.59. The zero-order chi connectivity index (χ0) is 10.7. The lowest BCUT2D eigenvalue weighted by Gasteiger charge is -2.28. The minimum atomic E-state index is -0.405. The summed E-state index contributed by atoms with van der Waals surface area (Å²) in [7, 11) is 0. The van der Waals surface area contributed by atoms with E-state index in [1.807, 2.05) is 4.90 Å². The van der Waals surface area contributed by atoms with E-state index in [-0.39, 0.29) is 5.69 Å². The minimum Gasteiger partial charge on any atom is -0.378 e. The van der Waals surface area contributed by atoms with Crippen LogP contribution >= 0.6 is 0 Å². The van der Waals surface area contributed by atoms with Gasteiger partial charge in [-0.05, 0) is 6.07 Å². The molecule has 0 aromatic carbocycles. The van der Waals surface area contributed by atoms with Crippen LogP contribution < -0.4 is 4.90 Å². The molecule has 0 N–H and O–H groups in total. The quantitative estimate of drug-likeness (QED) is 0.533. The highest BCUT2D eigenvalue weighted by molar-refractivity contribution is 5.61. The Labute approximate surface area is 86.6 Å². The number of aromatic nitrogens is 1. The molecule has 0 aliphatic carbocycles. The summed E-state index contributed by atoms with van der Waals surface area (Å²) >= 11 is 0. The third-order valence-corrected chi connectivity index (χ3v) is 2.33. The van der Waals surface area contributed by atoms with Gasteiger partial charge in [0.25, 0.3) is 0 Å². The second kappa shape index (κ2) is 4.22. The molecule has 6 nitrogen and oxygen atoms in total. The van der Waals surface area contributed by atoms with Gasteiger partial charge >= 0.3 is 5.69 Å². The molecule has 1 aromatic heterocycles. The van der Waals surface area contributed by atoms with Crippen molar-refractivity contribution in [3.63, 3.8) is 0 Å². The number of nitrogens with zero attached hydrogens (tertiary/aromatic N) is 3. The molecule has 1 aliphatic rings. The zero-order valence-electron chi connectivity index (χ0n) is 8.13. The molecule has 0 bridgehead atoms. The van der Waals surface area contributed by atoms with Crippen molar-refractivity contribution in [2.45, 2.75) is 0 Å². The van der Waals surface area contributed by atoms with Gasteiger partial charge in [0.1, 0.15) is 11.9 Å². The van der Waals surface area contributed by atoms with E-state index in [0.29, 0.717) is 32.0 Å². The molecule has 0 unspecified atom stereocenters. The number of pyridine rings is 1. The van der Waals surface area contributed by atoms with Gasteiger partial charge in [-0.15, -0.1) is 0 Å². The fourth-order valence-corrected chi connectivity index (χ4v) is 1.59. The number of ether oxygens (including phenoxy) is 1. The van der Waals surface area contributed by atoms with Crippen molar-refractivity contribution in [3.05, 3.63) is 28.6 Å². The average molecular weight is 209 g/mol. The highest BCUT2D eigenvalue weighted by atomic mass is 16.6. The molecule has 6 heteroatoms. The van der Waals surface area contributed by atoms with Crippen LogP contribution in [0, 0.1) is 10.1 Å². The lowest BCUT2D eigenvalue weighted by molar-refractivity contribution is -0.384. The van der Waals surface area contributed by atoms with Crippen molar-refractivity contribution in [3.8, 4) is 0 Å². The van der Waals surface area contributed by atoms with Crippen LogP contribution in [0.3, 0.4) is 0 Å². The Hall–Kier alpha value is -1.69. The molecule has 1 saturated heterocycles. The lowest BCUT2D eigenvalue weighted by Crippen LogP contribution is -2.36. The molecule has 1 fully saturated rings. The number of nitro groups is 1. The highest BCUT2D eigenvalue weighted by Gasteiger charge is 2.20. The van der Waals surface area contributed by atoms with E-state index in [0.717, 1.165) is 0 Å². The maximum atomic E-state index is 10.8. The summed E-state index contributed by atoms with van der Waals surface area (Å²) in [5.41, 5.74) is 0.678. The van der Waals surface area contributed by atoms with Gasteiger partial charge in [-0.1, -0.05) is 0 Å². The molecule has 0 saturated carbocycles. The van der Waals surface area contributed by atoms with Gasteiger partial charge in [-0.3, -0.25) is 15.1 Å². The fourth-order valence-electron chi connectivity index (χ4n) is 1.59. The van der Waals surface area contributed by atoms with E-state index < -0.39 is 4.92 Å². The Kier molecular flexibility index (Phi) is 2.77. The molecular formula is C9H11N3O3. The van der Waals surface area contributed by atoms with Crippen LogP contribution in [0.1, 0.15) is 0 Å². The van der Waals surface area contributed by atoms with Gasteiger partial charge in [0.15, 0.2) is 0 Å². The van der Waals surface area contributed by atoms with Crippen LogP contribution in [0.4, 0.5) is 11.4 Å². The summed E-state index contributed by atoms with van der Waals surface area (Å²) < 4.78 is 5.19. The summed E-state index contributed by atoms with van der Waals surface area (Å²) in [4.78, 5) is 16.1. The summed E-state index contributed by atoms with van der Waals surface area (Å²) in [5, 5.41) is 10.8. The molecular weight excluding hydrogens is 198 g/mol. The van der Waals surface area contributed by atoms with Crippen molar-refractivity contribution >= 4 is 11.4 Å². The third kappa shape index (κ3) is 2.04. The van der Waals surface area contributed by atoms with E-state index in [4.69, 9.17) is 4.74 Å². The van der Waals surface area contributed by atoms with Crippen molar-refractivity contribution in [2.24, 2.45) is 0 Å². The molecule has 1 aliphatic heterocycles. The molecule has 1 aromatic rings. The van der Waals surface area contributed by atoms with Crippen LogP contribution in [-0.4, -0.2) is 36.2 Å². The second-order valence-corrected chi connectivity index (χ2v) is 3.22. The molecule has 0 spiro atoms. The standard InChI is InChI=1S/C9H11N3O3/c13-12(14)9-7-10-2-1-8(9)11-3-5-15-6-4-11/h1-2,7H,3-6H2. The number of hydrogen-bond donors (Lipinski definition) is 0. The maximum Gasteiger partial charge on any atom is 0.310 e. The zero-order valence-corrected chi connectivity index (χ0v) is 8.13. The van der Waals surface area contributed by atoms with Gasteiger partial charge in [-0.25, -0.2) is 0 Å². The maximum absolute atomic E-state index is 10.8. The van der Waals surface area contributed by atoms with E-state index in [9.17, 15) is 10.1 Å². The summed E-state index contributed by atoms with van der Waals surface area (Å²) in [6.07, 6.45) is 2.85. The predicted molar refractivity (Wildman–Crippen MR) is 53.9 cm³/mol. The molecule has 2 rings (SSSR count). The molecule has 80 valence electrons. The van der Waals surface area contributed by atoms with Gasteiger partial charge in [0.05, 0.1) is 18.1 Å². The first-order chi connectivity index (χ1) is 7.29. The van der Waals surface area contributed by atoms with Crippen molar-refractivity contribution < 1.29 is 9.66 Å². The molecule has 0 radical (unpaired) electrons. The Morgan fingerprint density at radius 3 is 2.87 bits per heavy atom. The van der Waals surface area contributed by atoms with E-state index in [1.54, 1.807) is 12.3 Å². The predicted octanol–water partition coefficient (Wildman–Crippen LogP) is 0.826. The van der Waals surface area contributed by atoms with Gasteiger partial charge in [0.2, 0.25) is 0 Å². The first-order valence-corrected chi connectivity index (χ1v) is 4.70. The SMILES string of the molecule is O=[N+]([O-])c1cnccc1N1CCOCC1. The highest BCUT2D eigenvalue weighted by Crippen LogP contribution is 2.26. The fraction of sp³-hybridized carbons (Fsp3) is 0.444. The van der Waals surface area contributed by atoms with Crippen LogP contribution in [0.2, 0.25) is 0 Å². The molecule has 2 heterocycles. The Morgan fingerprint density at radius 2 is 2.20 bits per heavy atom. The second-order valence-electron chi connectivity index (χ2n) is 3.22. The number of hydrogen-bond acceptors (Lipinski definition) is 5. The van der Waals surface area contributed by atoms with Crippen molar-refractivity contribution in [2.75, 3.05) is 31.2 Å². The first-order valence-electron chi connectivity index (χ1n) is 4.70. The van der Waals surface area contributed by atoms with Crippen LogP contribution in [0.5, 0.6) is 0 Å². The summed E-state index contributed by atoms with van der Waals surface area (Å²) in [5.74, 6) is 0. The topological polar surface area (TPSA) is 68.5 Å². The monoisotopic (exact) mass is 209 g/mol. The van der Waals surface area contributed by atoms with Gasteiger partial charge < -0.3 is 9.64 Å². The van der Waals surface area contributed by atoms with Gasteiger partial charge in [0, 0.05) is 19.3 Å². The minimum absolute atomic E-state index is 0.0550. The van der Waals surface area contributed by atoms with Crippen molar-refractivity contribution in [1.82, 2.24) is 4.98 Å². The lowest BCUT2D eigenvalue weighted by atomic mass is 10.3. The Balaban J connectivity index is 2.29. The third-order valence-electron chi connectivity index (χ3n) is 2.33. The van der Waals surface area contributed by atoms with Crippen LogP contribution in [-0.2, 0) is 4.74 Å². The largest absolute Gasteiger partial charge is 0.378 e. The first kappa shape index (κ1) is 9.85. The number of anilines is 1. The smallest absolute Gasteiger partial charge is 0.310 e. The number of morpholine rings is 1. The number of rotatable bonds is 2.